The van der Waals surface area contributed by atoms with Crippen molar-refractivity contribution in [1.82, 2.24) is 5.32 Å². The van der Waals surface area contributed by atoms with E-state index >= 15 is 0 Å². The Hall–Kier alpha value is -1.06. The minimum Gasteiger partial charge on any atom is -0.481 e. The standard InChI is InChI=1S/C15H27NO3/c1-8(2)10(9(3)4)7-16-13(17)11-12(14(18)19)15(11,5)6/h8-12H,7H2,1-6H3,(H,16,17)(H,18,19)/t11-,12+/m1/s1. The summed E-state index contributed by atoms with van der Waals surface area (Å²) in [5, 5.41) is 12.0. The first-order chi connectivity index (χ1) is 8.60. The first-order valence-corrected chi connectivity index (χ1v) is 7.11. The maximum absolute atomic E-state index is 12.1. The number of carbonyl (C=O) groups excluding carboxylic acids is 1. The second-order valence-corrected chi connectivity index (χ2v) is 7.01. The summed E-state index contributed by atoms with van der Waals surface area (Å²) in [7, 11) is 0. The second-order valence-electron chi connectivity index (χ2n) is 7.01. The van der Waals surface area contributed by atoms with E-state index in [1.54, 1.807) is 0 Å². The third-order valence-electron chi connectivity index (χ3n) is 4.60. The summed E-state index contributed by atoms with van der Waals surface area (Å²) < 4.78 is 0. The largest absolute Gasteiger partial charge is 0.481 e. The lowest BCUT2D eigenvalue weighted by atomic mass is 9.85. The lowest BCUT2D eigenvalue weighted by Gasteiger charge is -2.25. The summed E-state index contributed by atoms with van der Waals surface area (Å²) in [6.45, 7) is 12.9. The maximum Gasteiger partial charge on any atom is 0.307 e. The molecule has 0 aromatic carbocycles. The van der Waals surface area contributed by atoms with E-state index in [1.165, 1.54) is 0 Å². The molecule has 1 aliphatic rings. The predicted molar refractivity (Wildman–Crippen MR) is 74.6 cm³/mol. The fourth-order valence-corrected chi connectivity index (χ4v) is 3.16. The molecule has 1 amide bonds. The van der Waals surface area contributed by atoms with Gasteiger partial charge in [-0.1, -0.05) is 41.5 Å². The minimum absolute atomic E-state index is 0.108. The van der Waals surface area contributed by atoms with Crippen LogP contribution in [0.25, 0.3) is 0 Å². The highest BCUT2D eigenvalue weighted by atomic mass is 16.4. The van der Waals surface area contributed by atoms with Crippen LogP contribution in [0.3, 0.4) is 0 Å². The number of hydrogen-bond donors (Lipinski definition) is 2. The third-order valence-corrected chi connectivity index (χ3v) is 4.60. The van der Waals surface area contributed by atoms with Crippen LogP contribution in [0.5, 0.6) is 0 Å². The summed E-state index contributed by atoms with van der Waals surface area (Å²) in [5.74, 6) is -0.466. The van der Waals surface area contributed by atoms with Crippen molar-refractivity contribution >= 4 is 11.9 Å². The smallest absolute Gasteiger partial charge is 0.307 e. The van der Waals surface area contributed by atoms with Crippen LogP contribution >= 0.6 is 0 Å². The zero-order valence-electron chi connectivity index (χ0n) is 12.9. The molecule has 1 rings (SSSR count). The van der Waals surface area contributed by atoms with E-state index in [9.17, 15) is 9.59 Å². The van der Waals surface area contributed by atoms with Gasteiger partial charge in [0.05, 0.1) is 11.8 Å². The van der Waals surface area contributed by atoms with E-state index in [4.69, 9.17) is 5.11 Å². The number of amides is 1. The molecule has 4 nitrogen and oxygen atoms in total. The van der Waals surface area contributed by atoms with Crippen molar-refractivity contribution < 1.29 is 14.7 Å². The van der Waals surface area contributed by atoms with Crippen LogP contribution in [-0.2, 0) is 9.59 Å². The van der Waals surface area contributed by atoms with Crippen LogP contribution < -0.4 is 5.32 Å². The Morgan fingerprint density at radius 1 is 1.11 bits per heavy atom. The molecule has 0 heterocycles. The number of carboxylic acids is 1. The van der Waals surface area contributed by atoms with Gasteiger partial charge in [-0.25, -0.2) is 0 Å². The molecular formula is C15H27NO3. The summed E-state index contributed by atoms with van der Waals surface area (Å²) in [6, 6.07) is 0. The molecule has 110 valence electrons. The molecule has 4 heteroatoms. The zero-order valence-corrected chi connectivity index (χ0v) is 12.9. The predicted octanol–water partition coefficient (Wildman–Crippen LogP) is 2.39. The van der Waals surface area contributed by atoms with Crippen molar-refractivity contribution in [3.05, 3.63) is 0 Å². The number of carboxylic acid groups (broad SMARTS) is 1. The Morgan fingerprint density at radius 3 is 1.89 bits per heavy atom. The molecule has 0 spiro atoms. The van der Waals surface area contributed by atoms with Gasteiger partial charge in [-0.05, 0) is 23.2 Å². The van der Waals surface area contributed by atoms with E-state index in [-0.39, 0.29) is 11.8 Å². The van der Waals surface area contributed by atoms with Crippen molar-refractivity contribution in [3.63, 3.8) is 0 Å². The van der Waals surface area contributed by atoms with Crippen LogP contribution in [0, 0.1) is 35.0 Å². The van der Waals surface area contributed by atoms with Crippen LogP contribution in [0.1, 0.15) is 41.5 Å². The molecule has 0 aromatic rings. The van der Waals surface area contributed by atoms with E-state index in [1.807, 2.05) is 13.8 Å². The lowest BCUT2D eigenvalue weighted by Crippen LogP contribution is -2.35. The average molecular weight is 269 g/mol. The van der Waals surface area contributed by atoms with Gasteiger partial charge >= 0.3 is 5.97 Å². The number of nitrogens with one attached hydrogen (secondary N) is 1. The van der Waals surface area contributed by atoms with Gasteiger partial charge in [-0.3, -0.25) is 9.59 Å². The summed E-state index contributed by atoms with van der Waals surface area (Å²) >= 11 is 0. The van der Waals surface area contributed by atoms with Gasteiger partial charge in [0, 0.05) is 6.54 Å². The maximum atomic E-state index is 12.1. The number of hydrogen-bond acceptors (Lipinski definition) is 2. The topological polar surface area (TPSA) is 66.4 Å². The summed E-state index contributed by atoms with van der Waals surface area (Å²) in [5.41, 5.74) is -0.416. The van der Waals surface area contributed by atoms with Gasteiger partial charge in [-0.2, -0.15) is 0 Å². The van der Waals surface area contributed by atoms with Gasteiger partial charge in [0.15, 0.2) is 0 Å². The highest BCUT2D eigenvalue weighted by Gasteiger charge is 2.65. The van der Waals surface area contributed by atoms with Gasteiger partial charge in [0.1, 0.15) is 0 Å². The molecule has 0 aromatic heterocycles. The van der Waals surface area contributed by atoms with Crippen LogP contribution in [0.2, 0.25) is 0 Å². The molecule has 0 bridgehead atoms. The Kier molecular flexibility index (Phi) is 4.64. The van der Waals surface area contributed by atoms with Crippen LogP contribution in [0.4, 0.5) is 0 Å². The quantitative estimate of drug-likeness (QED) is 0.778. The molecule has 0 saturated heterocycles. The highest BCUT2D eigenvalue weighted by Crippen LogP contribution is 2.58. The number of rotatable bonds is 6. The molecule has 2 atom stereocenters. The molecular weight excluding hydrogens is 242 g/mol. The monoisotopic (exact) mass is 269 g/mol. The number of carbonyl (C=O) groups is 2. The fraction of sp³-hybridized carbons (Fsp3) is 0.867. The van der Waals surface area contributed by atoms with Gasteiger partial charge < -0.3 is 10.4 Å². The van der Waals surface area contributed by atoms with E-state index < -0.39 is 17.3 Å². The first kappa shape index (κ1) is 16.0. The minimum atomic E-state index is -0.866. The Bertz CT molecular complexity index is 352. The van der Waals surface area contributed by atoms with Crippen LogP contribution in [0.15, 0.2) is 0 Å². The van der Waals surface area contributed by atoms with Crippen molar-refractivity contribution in [2.45, 2.75) is 41.5 Å². The SMILES string of the molecule is CC(C)C(CNC(=O)[C@H]1[C@@H](C(=O)O)C1(C)C)C(C)C. The van der Waals surface area contributed by atoms with E-state index in [2.05, 4.69) is 33.0 Å². The Morgan fingerprint density at radius 2 is 1.58 bits per heavy atom. The van der Waals surface area contributed by atoms with Crippen molar-refractivity contribution in [3.8, 4) is 0 Å². The van der Waals surface area contributed by atoms with Gasteiger partial charge in [0.25, 0.3) is 0 Å². The highest BCUT2D eigenvalue weighted by molar-refractivity contribution is 5.91. The second kappa shape index (κ2) is 5.51. The van der Waals surface area contributed by atoms with Gasteiger partial charge in [-0.15, -0.1) is 0 Å². The van der Waals surface area contributed by atoms with E-state index in [0.717, 1.165) is 0 Å². The summed E-state index contributed by atoms with van der Waals surface area (Å²) in [6.07, 6.45) is 0. The molecule has 1 saturated carbocycles. The average Bonchev–Trinajstić information content (AvgIpc) is 2.80. The Balaban J connectivity index is 2.56. The molecule has 0 unspecified atom stereocenters. The molecule has 19 heavy (non-hydrogen) atoms. The van der Waals surface area contributed by atoms with Crippen molar-refractivity contribution in [1.29, 1.82) is 0 Å². The van der Waals surface area contributed by atoms with Crippen molar-refractivity contribution in [2.75, 3.05) is 6.54 Å². The molecule has 1 aliphatic carbocycles. The molecule has 2 N–H and O–H groups in total. The fourth-order valence-electron chi connectivity index (χ4n) is 3.16. The van der Waals surface area contributed by atoms with Crippen LogP contribution in [-0.4, -0.2) is 23.5 Å². The third kappa shape index (κ3) is 3.28. The molecule has 0 aliphatic heterocycles. The lowest BCUT2D eigenvalue weighted by molar-refractivity contribution is -0.140. The first-order valence-electron chi connectivity index (χ1n) is 7.11. The summed E-state index contributed by atoms with van der Waals surface area (Å²) in [4.78, 5) is 23.2. The Labute approximate surface area is 116 Å². The molecule has 0 radical (unpaired) electrons. The zero-order chi connectivity index (χ0) is 15.0. The normalized spacial score (nSPS) is 24.9. The van der Waals surface area contributed by atoms with E-state index in [0.29, 0.717) is 24.3 Å². The molecule has 1 fully saturated rings. The van der Waals surface area contributed by atoms with Crippen molar-refractivity contribution in [2.24, 2.45) is 35.0 Å². The number of aliphatic carboxylic acids is 1. The van der Waals surface area contributed by atoms with Gasteiger partial charge in [0.2, 0.25) is 5.91 Å².